The smallest absolute Gasteiger partial charge is 0.341 e. The molecular formula is C16H13BrN2O3. The fraction of sp³-hybridized carbons (Fsp3) is 0.188. The Morgan fingerprint density at radius 3 is 2.45 bits per heavy atom. The van der Waals surface area contributed by atoms with Gasteiger partial charge in [-0.05, 0) is 47.5 Å². The number of benzene rings is 1. The Kier molecular flexibility index (Phi) is 4.48. The number of carboxylic acids is 1. The Bertz CT molecular complexity index is 832. The number of hydrogen-bond acceptors (Lipinski definition) is 3. The third-order valence-corrected chi connectivity index (χ3v) is 4.52. The van der Waals surface area contributed by atoms with Gasteiger partial charge in [-0.15, -0.1) is 0 Å². The number of pyridine rings is 1. The molecule has 1 aromatic carbocycles. The van der Waals surface area contributed by atoms with E-state index in [1.54, 1.807) is 23.6 Å². The van der Waals surface area contributed by atoms with Crippen LogP contribution in [0.5, 0.6) is 0 Å². The molecule has 0 aliphatic rings. The molecule has 22 heavy (non-hydrogen) atoms. The van der Waals surface area contributed by atoms with Crippen LogP contribution in [-0.4, -0.2) is 15.6 Å². The number of carboxylic acid groups (broad SMARTS) is 1. The highest BCUT2D eigenvalue weighted by molar-refractivity contribution is 9.10. The van der Waals surface area contributed by atoms with E-state index in [0.717, 1.165) is 5.56 Å². The summed E-state index contributed by atoms with van der Waals surface area (Å²) in [6.45, 7) is 3.65. The van der Waals surface area contributed by atoms with Crippen molar-refractivity contribution in [3.63, 3.8) is 0 Å². The third kappa shape index (κ3) is 2.81. The van der Waals surface area contributed by atoms with E-state index in [1.807, 2.05) is 19.1 Å². The lowest BCUT2D eigenvalue weighted by Gasteiger charge is -2.21. The van der Waals surface area contributed by atoms with Crippen molar-refractivity contribution in [2.45, 2.75) is 19.9 Å². The molecule has 5 nitrogen and oxygen atoms in total. The van der Waals surface area contributed by atoms with E-state index in [4.69, 9.17) is 10.4 Å². The van der Waals surface area contributed by atoms with Gasteiger partial charge in [-0.3, -0.25) is 4.79 Å². The number of nitriles is 1. The Hall–Kier alpha value is -2.39. The van der Waals surface area contributed by atoms with Gasteiger partial charge in [0.1, 0.15) is 5.56 Å². The molecular weight excluding hydrogens is 348 g/mol. The summed E-state index contributed by atoms with van der Waals surface area (Å²) in [4.78, 5) is 23.2. The van der Waals surface area contributed by atoms with E-state index < -0.39 is 11.4 Å². The van der Waals surface area contributed by atoms with Gasteiger partial charge < -0.3 is 9.67 Å². The van der Waals surface area contributed by atoms with Crippen LogP contribution in [0.1, 0.15) is 40.1 Å². The molecule has 0 saturated carbocycles. The molecule has 6 heteroatoms. The number of aromatic carboxylic acids is 1. The number of carbonyl (C=O) groups is 1. The molecule has 0 aliphatic heterocycles. The molecule has 1 N–H and O–H groups in total. The van der Waals surface area contributed by atoms with Gasteiger partial charge in [0.25, 0.3) is 0 Å². The maximum Gasteiger partial charge on any atom is 0.341 e. The van der Waals surface area contributed by atoms with Gasteiger partial charge in [-0.25, -0.2) is 4.79 Å². The average Bonchev–Trinajstić information content (AvgIpc) is 2.52. The molecule has 112 valence electrons. The summed E-state index contributed by atoms with van der Waals surface area (Å²) >= 11 is 3.17. The summed E-state index contributed by atoms with van der Waals surface area (Å²) in [6.07, 6.45) is 1.35. The van der Waals surface area contributed by atoms with Gasteiger partial charge in [0.15, 0.2) is 0 Å². The Balaban J connectivity index is 2.58. The van der Waals surface area contributed by atoms with Gasteiger partial charge in [0, 0.05) is 11.9 Å². The highest BCUT2D eigenvalue weighted by atomic mass is 79.9. The van der Waals surface area contributed by atoms with Crippen LogP contribution < -0.4 is 5.43 Å². The fourth-order valence-electron chi connectivity index (χ4n) is 2.24. The van der Waals surface area contributed by atoms with Crippen molar-refractivity contribution in [2.24, 2.45) is 0 Å². The van der Waals surface area contributed by atoms with Gasteiger partial charge in [0.2, 0.25) is 5.43 Å². The van der Waals surface area contributed by atoms with E-state index in [1.165, 1.54) is 6.20 Å². The first kappa shape index (κ1) is 16.0. The second-order valence-electron chi connectivity index (χ2n) is 4.89. The first-order chi connectivity index (χ1) is 10.4. The molecule has 0 aliphatic carbocycles. The number of aromatic nitrogens is 1. The molecule has 0 radical (unpaired) electrons. The van der Waals surface area contributed by atoms with Crippen LogP contribution >= 0.6 is 15.9 Å². The molecule has 0 fully saturated rings. The van der Waals surface area contributed by atoms with Gasteiger partial charge in [-0.1, -0.05) is 12.1 Å². The lowest BCUT2D eigenvalue weighted by atomic mass is 10.1. The molecule has 1 aromatic heterocycles. The molecule has 1 atom stereocenters. The molecule has 2 aromatic rings. The van der Waals surface area contributed by atoms with E-state index in [9.17, 15) is 9.59 Å². The van der Waals surface area contributed by atoms with Gasteiger partial charge in [0.05, 0.1) is 22.1 Å². The van der Waals surface area contributed by atoms with E-state index in [0.29, 0.717) is 11.3 Å². The molecule has 2 rings (SSSR count). The molecule has 1 unspecified atom stereocenters. The van der Waals surface area contributed by atoms with Crippen molar-refractivity contribution in [1.82, 2.24) is 4.57 Å². The summed E-state index contributed by atoms with van der Waals surface area (Å²) in [5, 5.41) is 18.0. The van der Waals surface area contributed by atoms with Crippen molar-refractivity contribution >= 4 is 21.9 Å². The molecule has 0 bridgehead atoms. The minimum Gasteiger partial charge on any atom is -0.477 e. The van der Waals surface area contributed by atoms with Crippen LogP contribution in [0.2, 0.25) is 0 Å². The minimum absolute atomic E-state index is 0.178. The maximum absolute atomic E-state index is 11.9. The van der Waals surface area contributed by atoms with E-state index in [2.05, 4.69) is 22.0 Å². The first-order valence-electron chi connectivity index (χ1n) is 6.51. The molecule has 0 spiro atoms. The highest BCUT2D eigenvalue weighted by Crippen LogP contribution is 2.23. The lowest BCUT2D eigenvalue weighted by Crippen LogP contribution is -2.23. The van der Waals surface area contributed by atoms with Crippen molar-refractivity contribution in [2.75, 3.05) is 0 Å². The van der Waals surface area contributed by atoms with Crippen LogP contribution in [0.4, 0.5) is 0 Å². The fourth-order valence-corrected chi connectivity index (χ4v) is 2.66. The average molecular weight is 361 g/mol. The third-order valence-electron chi connectivity index (χ3n) is 3.59. The predicted molar refractivity (Wildman–Crippen MR) is 85.1 cm³/mol. The van der Waals surface area contributed by atoms with E-state index in [-0.39, 0.29) is 16.1 Å². The van der Waals surface area contributed by atoms with Crippen LogP contribution in [0.25, 0.3) is 0 Å². The zero-order chi connectivity index (χ0) is 16.4. The van der Waals surface area contributed by atoms with Crippen LogP contribution in [0.15, 0.2) is 39.7 Å². The van der Waals surface area contributed by atoms with Gasteiger partial charge in [-0.2, -0.15) is 5.26 Å². The normalized spacial score (nSPS) is 11.7. The zero-order valence-corrected chi connectivity index (χ0v) is 13.6. The van der Waals surface area contributed by atoms with Crippen molar-refractivity contribution < 1.29 is 9.90 Å². The largest absolute Gasteiger partial charge is 0.477 e. The predicted octanol–water partition coefficient (Wildman–Crippen LogP) is 3.10. The summed E-state index contributed by atoms with van der Waals surface area (Å²) in [5.41, 5.74) is 1.30. The molecule has 1 heterocycles. The van der Waals surface area contributed by atoms with Crippen molar-refractivity contribution in [1.29, 1.82) is 5.26 Å². The summed E-state index contributed by atoms with van der Waals surface area (Å²) in [6, 6.07) is 8.91. The topological polar surface area (TPSA) is 83.1 Å². The quantitative estimate of drug-likeness (QED) is 0.911. The van der Waals surface area contributed by atoms with Crippen LogP contribution in [0.3, 0.4) is 0 Å². The molecule has 0 saturated heterocycles. The minimum atomic E-state index is -1.26. The van der Waals surface area contributed by atoms with Crippen molar-refractivity contribution in [3.8, 4) is 6.07 Å². The summed E-state index contributed by atoms with van der Waals surface area (Å²) < 4.78 is 1.98. The molecule has 0 amide bonds. The number of halogens is 1. The Morgan fingerprint density at radius 1 is 1.36 bits per heavy atom. The highest BCUT2D eigenvalue weighted by Gasteiger charge is 2.19. The maximum atomic E-state index is 11.9. The SMILES string of the molecule is Cc1c(Br)c(=O)c(C(=O)O)cn1C(C)c1ccc(C#N)cc1. The Morgan fingerprint density at radius 2 is 1.95 bits per heavy atom. The second-order valence-corrected chi connectivity index (χ2v) is 5.69. The number of rotatable bonds is 3. The van der Waals surface area contributed by atoms with Crippen LogP contribution in [0, 0.1) is 18.3 Å². The summed E-state index contributed by atoms with van der Waals surface area (Å²) in [5.74, 6) is -1.26. The zero-order valence-electron chi connectivity index (χ0n) is 12.0. The standard InChI is InChI=1S/C16H13BrN2O3/c1-9(12-5-3-11(7-18)4-6-12)19-8-13(16(21)22)15(20)14(17)10(19)2/h3-6,8-9H,1-2H3,(H,21,22). The second kappa shape index (κ2) is 6.16. The lowest BCUT2D eigenvalue weighted by molar-refractivity contribution is 0.0694. The Labute approximate surface area is 135 Å². The monoisotopic (exact) mass is 360 g/mol. The first-order valence-corrected chi connectivity index (χ1v) is 7.30. The summed E-state index contributed by atoms with van der Waals surface area (Å²) in [7, 11) is 0. The number of hydrogen-bond donors (Lipinski definition) is 1. The van der Waals surface area contributed by atoms with E-state index >= 15 is 0 Å². The van der Waals surface area contributed by atoms with Crippen LogP contribution in [-0.2, 0) is 0 Å². The van der Waals surface area contributed by atoms with Crippen molar-refractivity contribution in [3.05, 3.63) is 67.5 Å². The van der Waals surface area contributed by atoms with Gasteiger partial charge >= 0.3 is 5.97 Å². The number of nitrogens with zero attached hydrogens (tertiary/aromatic N) is 2.